The lowest BCUT2D eigenvalue weighted by atomic mass is 9.96. The van der Waals surface area contributed by atoms with Crippen molar-refractivity contribution in [2.75, 3.05) is 13.1 Å². The van der Waals surface area contributed by atoms with Gasteiger partial charge in [-0.1, -0.05) is 0 Å². The summed E-state index contributed by atoms with van der Waals surface area (Å²) in [4.78, 5) is 4.38. The van der Waals surface area contributed by atoms with Crippen molar-refractivity contribution in [3.63, 3.8) is 0 Å². The van der Waals surface area contributed by atoms with E-state index in [1.54, 1.807) is 6.26 Å². The van der Waals surface area contributed by atoms with Crippen molar-refractivity contribution < 1.29 is 4.42 Å². The number of hydrogen-bond acceptors (Lipinski definition) is 4. The van der Waals surface area contributed by atoms with Crippen molar-refractivity contribution in [2.45, 2.75) is 32.2 Å². The summed E-state index contributed by atoms with van der Waals surface area (Å²) in [5, 5.41) is 3.39. The van der Waals surface area contributed by atoms with Crippen LogP contribution in [0.25, 0.3) is 0 Å². The Morgan fingerprint density at radius 1 is 1.73 bits per heavy atom. The zero-order valence-electron chi connectivity index (χ0n) is 9.20. The summed E-state index contributed by atoms with van der Waals surface area (Å²) in [6.07, 6.45) is 5.13. The number of aromatic nitrogens is 1. The second-order valence-corrected chi connectivity index (χ2v) is 4.37. The molecule has 1 fully saturated rings. The fourth-order valence-electron chi connectivity index (χ4n) is 1.97. The molecule has 1 aliphatic heterocycles. The Balaban J connectivity index is 1.91. The zero-order valence-corrected chi connectivity index (χ0v) is 9.20. The molecule has 0 radical (unpaired) electrons. The van der Waals surface area contributed by atoms with Gasteiger partial charge in [-0.25, -0.2) is 4.98 Å². The van der Waals surface area contributed by atoms with Crippen LogP contribution in [-0.2, 0) is 6.42 Å². The molecule has 0 aliphatic carbocycles. The molecule has 3 N–H and O–H groups in total. The molecule has 2 atom stereocenters. The van der Waals surface area contributed by atoms with Crippen molar-refractivity contribution in [3.05, 3.63) is 17.8 Å². The van der Waals surface area contributed by atoms with E-state index in [-0.39, 0.29) is 6.04 Å². The molecule has 0 saturated carbocycles. The van der Waals surface area contributed by atoms with E-state index >= 15 is 0 Å². The molecular weight excluding hydrogens is 190 g/mol. The van der Waals surface area contributed by atoms with Crippen LogP contribution in [0.15, 0.2) is 10.7 Å². The molecule has 4 heteroatoms. The molecule has 4 nitrogen and oxygen atoms in total. The van der Waals surface area contributed by atoms with Gasteiger partial charge < -0.3 is 15.5 Å². The van der Waals surface area contributed by atoms with Gasteiger partial charge in [0, 0.05) is 12.5 Å². The SMILES string of the molecule is CC(N)c1coc(CC2CCCNC2)n1. The van der Waals surface area contributed by atoms with Gasteiger partial charge in [0.2, 0.25) is 0 Å². The number of nitrogens with one attached hydrogen (secondary N) is 1. The van der Waals surface area contributed by atoms with Gasteiger partial charge >= 0.3 is 0 Å². The molecule has 0 amide bonds. The van der Waals surface area contributed by atoms with Gasteiger partial charge in [0.05, 0.1) is 5.69 Å². The van der Waals surface area contributed by atoms with Crippen LogP contribution in [0.1, 0.15) is 37.4 Å². The molecule has 84 valence electrons. The Kier molecular flexibility index (Phi) is 3.38. The summed E-state index contributed by atoms with van der Waals surface area (Å²) in [5.41, 5.74) is 6.58. The molecule has 1 aromatic rings. The van der Waals surface area contributed by atoms with E-state index in [0.29, 0.717) is 5.92 Å². The number of nitrogens with two attached hydrogens (primary N) is 1. The Hall–Kier alpha value is -0.870. The quantitative estimate of drug-likeness (QED) is 0.786. The minimum absolute atomic E-state index is 0.0352. The summed E-state index contributed by atoms with van der Waals surface area (Å²) < 4.78 is 5.41. The Bertz CT molecular complexity index is 303. The number of nitrogens with zero attached hydrogens (tertiary/aromatic N) is 1. The third-order valence-electron chi connectivity index (χ3n) is 2.90. The lowest BCUT2D eigenvalue weighted by Crippen LogP contribution is -2.30. The van der Waals surface area contributed by atoms with E-state index in [9.17, 15) is 0 Å². The maximum Gasteiger partial charge on any atom is 0.194 e. The fraction of sp³-hybridized carbons (Fsp3) is 0.727. The summed E-state index contributed by atoms with van der Waals surface area (Å²) in [6.45, 7) is 4.15. The molecule has 2 heterocycles. The van der Waals surface area contributed by atoms with E-state index in [2.05, 4.69) is 10.3 Å². The molecule has 2 unspecified atom stereocenters. The van der Waals surface area contributed by atoms with Gasteiger partial charge in [-0.15, -0.1) is 0 Å². The summed E-state index contributed by atoms with van der Waals surface area (Å²) in [7, 11) is 0. The second-order valence-electron chi connectivity index (χ2n) is 4.37. The van der Waals surface area contributed by atoms with Gasteiger partial charge in [-0.05, 0) is 38.8 Å². The lowest BCUT2D eigenvalue weighted by molar-refractivity contribution is 0.345. The van der Waals surface area contributed by atoms with E-state index < -0.39 is 0 Å². The van der Waals surface area contributed by atoms with Gasteiger partial charge in [0.15, 0.2) is 5.89 Å². The number of rotatable bonds is 3. The fourth-order valence-corrected chi connectivity index (χ4v) is 1.97. The summed E-state index contributed by atoms with van der Waals surface area (Å²) >= 11 is 0. The highest BCUT2D eigenvalue weighted by Gasteiger charge is 2.16. The summed E-state index contributed by atoms with van der Waals surface area (Å²) in [6, 6.07) is -0.0352. The van der Waals surface area contributed by atoms with Gasteiger partial charge in [0.1, 0.15) is 6.26 Å². The third kappa shape index (κ3) is 2.79. The maximum atomic E-state index is 5.73. The molecule has 0 bridgehead atoms. The minimum atomic E-state index is -0.0352. The van der Waals surface area contributed by atoms with Crippen molar-refractivity contribution in [1.82, 2.24) is 10.3 Å². The van der Waals surface area contributed by atoms with Crippen molar-refractivity contribution in [3.8, 4) is 0 Å². The molecule has 2 rings (SSSR count). The first-order chi connectivity index (χ1) is 7.25. The van der Waals surface area contributed by atoms with Crippen molar-refractivity contribution in [2.24, 2.45) is 11.7 Å². The number of oxazole rings is 1. The first-order valence-electron chi connectivity index (χ1n) is 5.66. The van der Waals surface area contributed by atoms with Crippen LogP contribution in [0.5, 0.6) is 0 Å². The highest BCUT2D eigenvalue weighted by Crippen LogP contribution is 2.17. The molecule has 0 spiro atoms. The van der Waals surface area contributed by atoms with Crippen molar-refractivity contribution in [1.29, 1.82) is 0 Å². The first-order valence-corrected chi connectivity index (χ1v) is 5.66. The average Bonchev–Trinajstić information content (AvgIpc) is 2.68. The van der Waals surface area contributed by atoms with E-state index in [1.807, 2.05) is 6.92 Å². The predicted molar refractivity (Wildman–Crippen MR) is 58.4 cm³/mol. The minimum Gasteiger partial charge on any atom is -0.449 e. The zero-order chi connectivity index (χ0) is 10.7. The lowest BCUT2D eigenvalue weighted by Gasteiger charge is -2.21. The van der Waals surface area contributed by atoms with E-state index in [0.717, 1.165) is 31.1 Å². The number of piperidine rings is 1. The largest absolute Gasteiger partial charge is 0.449 e. The average molecular weight is 209 g/mol. The molecular formula is C11H19N3O. The predicted octanol–water partition coefficient (Wildman–Crippen LogP) is 1.24. The van der Waals surface area contributed by atoms with Crippen LogP contribution >= 0.6 is 0 Å². The van der Waals surface area contributed by atoms with Crippen LogP contribution < -0.4 is 11.1 Å². The van der Waals surface area contributed by atoms with E-state index in [1.165, 1.54) is 12.8 Å². The molecule has 0 aromatic carbocycles. The molecule has 1 aromatic heterocycles. The Morgan fingerprint density at radius 3 is 3.20 bits per heavy atom. The maximum absolute atomic E-state index is 5.73. The highest BCUT2D eigenvalue weighted by molar-refractivity contribution is 5.01. The van der Waals surface area contributed by atoms with Gasteiger partial charge in [-0.2, -0.15) is 0 Å². The Labute approximate surface area is 90.2 Å². The second kappa shape index (κ2) is 4.77. The smallest absolute Gasteiger partial charge is 0.194 e. The van der Waals surface area contributed by atoms with Crippen LogP contribution in [0.2, 0.25) is 0 Å². The highest BCUT2D eigenvalue weighted by atomic mass is 16.3. The summed E-state index contributed by atoms with van der Waals surface area (Å²) in [5.74, 6) is 1.49. The van der Waals surface area contributed by atoms with Crippen LogP contribution in [-0.4, -0.2) is 18.1 Å². The first kappa shape index (κ1) is 10.6. The van der Waals surface area contributed by atoms with Crippen LogP contribution in [0.4, 0.5) is 0 Å². The normalized spacial score (nSPS) is 24.0. The number of hydrogen-bond donors (Lipinski definition) is 2. The van der Waals surface area contributed by atoms with Crippen LogP contribution in [0, 0.1) is 5.92 Å². The molecule has 1 aliphatic rings. The van der Waals surface area contributed by atoms with Crippen molar-refractivity contribution >= 4 is 0 Å². The van der Waals surface area contributed by atoms with E-state index in [4.69, 9.17) is 10.2 Å². The molecule has 1 saturated heterocycles. The monoisotopic (exact) mass is 209 g/mol. The van der Waals surface area contributed by atoms with Gasteiger partial charge in [-0.3, -0.25) is 0 Å². The van der Waals surface area contributed by atoms with Gasteiger partial charge in [0.25, 0.3) is 0 Å². The van der Waals surface area contributed by atoms with Crippen LogP contribution in [0.3, 0.4) is 0 Å². The third-order valence-corrected chi connectivity index (χ3v) is 2.90. The Morgan fingerprint density at radius 2 is 2.60 bits per heavy atom. The molecule has 15 heavy (non-hydrogen) atoms. The topological polar surface area (TPSA) is 64.1 Å². The standard InChI is InChI=1S/C11H19N3O/c1-8(12)10-7-15-11(14-10)5-9-3-2-4-13-6-9/h7-9,13H,2-6,12H2,1H3.